The van der Waals surface area contributed by atoms with Crippen LogP contribution in [0.15, 0.2) is 72.8 Å². The number of nitrogens with zero attached hydrogens (tertiary/aromatic N) is 2. The number of imide groups is 1. The van der Waals surface area contributed by atoms with Gasteiger partial charge in [-0.3, -0.25) is 29.4 Å². The van der Waals surface area contributed by atoms with E-state index in [2.05, 4.69) is 0 Å². The van der Waals surface area contributed by atoms with E-state index < -0.39 is 32.5 Å². The third-order valence-corrected chi connectivity index (χ3v) is 9.80. The second-order valence-corrected chi connectivity index (χ2v) is 11.8. The summed E-state index contributed by atoms with van der Waals surface area (Å²) in [7, 11) is 0. The topological polar surface area (TPSA) is 107 Å². The molecule has 1 aliphatic heterocycles. The number of hydrogen-bond donors (Lipinski definition) is 0. The molecule has 7 rings (SSSR count). The van der Waals surface area contributed by atoms with Crippen molar-refractivity contribution in [2.75, 3.05) is 6.54 Å². The molecule has 0 unspecified atom stereocenters. The Morgan fingerprint density at radius 1 is 0.805 bits per heavy atom. The molecule has 0 spiro atoms. The zero-order chi connectivity index (χ0) is 28.9. The first-order valence-electron chi connectivity index (χ1n) is 13.5. The average molecular weight is 593 g/mol. The number of carbonyl (C=O) groups excluding carboxylic acids is 3. The Morgan fingerprint density at radius 3 is 1.80 bits per heavy atom. The van der Waals surface area contributed by atoms with Crippen molar-refractivity contribution in [1.82, 2.24) is 4.90 Å². The highest BCUT2D eigenvalue weighted by Gasteiger charge is 2.72. The zero-order valence-corrected chi connectivity index (χ0v) is 23.4. The fourth-order valence-corrected chi connectivity index (χ4v) is 7.80. The Hall–Kier alpha value is -3.75. The summed E-state index contributed by atoms with van der Waals surface area (Å²) >= 11 is 14.8. The van der Waals surface area contributed by atoms with Crippen molar-refractivity contribution in [3.8, 4) is 0 Å². The van der Waals surface area contributed by atoms with E-state index in [1.807, 2.05) is 48.5 Å². The number of unbranched alkanes of at least 4 members (excludes halogenated alkanes) is 2. The summed E-state index contributed by atoms with van der Waals surface area (Å²) in [4.78, 5) is 49.4. The van der Waals surface area contributed by atoms with Crippen molar-refractivity contribution < 1.29 is 24.0 Å². The Balaban J connectivity index is 1.10. The highest BCUT2D eigenvalue weighted by Crippen LogP contribution is 2.69. The van der Waals surface area contributed by atoms with Crippen LogP contribution in [0.3, 0.4) is 0 Å². The quantitative estimate of drug-likeness (QED) is 0.0777. The van der Waals surface area contributed by atoms with E-state index in [1.54, 1.807) is 18.2 Å². The molecule has 0 N–H and O–H groups in total. The molecule has 3 aromatic carbocycles. The molecule has 8 nitrogen and oxygen atoms in total. The van der Waals surface area contributed by atoms with Gasteiger partial charge in [-0.25, -0.2) is 0 Å². The van der Waals surface area contributed by atoms with Crippen molar-refractivity contribution >= 4 is 46.7 Å². The van der Waals surface area contributed by atoms with Gasteiger partial charge in [0.25, 0.3) is 5.69 Å². The van der Waals surface area contributed by atoms with Gasteiger partial charge in [-0.05, 0) is 41.2 Å². The van der Waals surface area contributed by atoms with Crippen LogP contribution >= 0.6 is 23.2 Å². The minimum Gasteiger partial charge on any atom is -0.461 e. The van der Waals surface area contributed by atoms with Gasteiger partial charge in [-0.1, -0.05) is 67.1 Å². The Morgan fingerprint density at radius 2 is 1.29 bits per heavy atom. The van der Waals surface area contributed by atoms with Crippen LogP contribution in [0.1, 0.15) is 53.5 Å². The number of esters is 1. The first-order valence-corrected chi connectivity index (χ1v) is 14.3. The first kappa shape index (κ1) is 27.4. The second kappa shape index (κ2) is 10.3. The molecule has 1 heterocycles. The Bertz CT molecular complexity index is 1470. The Labute approximate surface area is 246 Å². The minimum atomic E-state index is -1.20. The summed E-state index contributed by atoms with van der Waals surface area (Å²) in [6.45, 7) is 0.0171. The van der Waals surface area contributed by atoms with Gasteiger partial charge in [0.15, 0.2) is 0 Å². The predicted molar refractivity (Wildman–Crippen MR) is 151 cm³/mol. The highest BCUT2D eigenvalue weighted by molar-refractivity contribution is 6.36. The second-order valence-electron chi connectivity index (χ2n) is 10.7. The molecule has 1 fully saturated rings. The van der Waals surface area contributed by atoms with Crippen LogP contribution in [0.5, 0.6) is 0 Å². The van der Waals surface area contributed by atoms with Gasteiger partial charge in [0.2, 0.25) is 11.8 Å². The van der Waals surface area contributed by atoms with E-state index in [9.17, 15) is 24.5 Å². The number of rotatable bonds is 9. The number of para-hydroxylation sites is 1. The number of likely N-dealkylation sites (tertiary alicyclic amines) is 1. The Kier molecular flexibility index (Phi) is 6.86. The summed E-state index contributed by atoms with van der Waals surface area (Å²) in [6, 6.07) is 21.1. The summed E-state index contributed by atoms with van der Waals surface area (Å²) in [5.74, 6) is -2.77. The number of alkyl halides is 2. The molecule has 2 atom stereocenters. The lowest BCUT2D eigenvalue weighted by atomic mass is 9.54. The molecule has 210 valence electrons. The van der Waals surface area contributed by atoms with E-state index in [-0.39, 0.29) is 37.1 Å². The molecule has 1 saturated heterocycles. The zero-order valence-electron chi connectivity index (χ0n) is 21.9. The lowest BCUT2D eigenvalue weighted by Gasteiger charge is -2.54. The molecule has 0 radical (unpaired) electrons. The maximum absolute atomic E-state index is 13.8. The molecule has 2 bridgehead atoms. The fourth-order valence-electron chi connectivity index (χ4n) is 6.70. The number of nitro groups is 1. The van der Waals surface area contributed by atoms with Crippen LogP contribution in [0.25, 0.3) is 0 Å². The van der Waals surface area contributed by atoms with E-state index in [4.69, 9.17) is 27.9 Å². The standard InChI is InChI=1S/C31H26Cl2N2O6/c32-30-20-11-4-5-12-21(20)31(33,23-14-7-6-13-22(23)30)27-26(30)28(37)34(29(27)38)17-9-1-2-16-25(36)41-18-19-10-3-8-15-24(19)35(39)40/h3-8,10-15,26-27H,1-2,9,16-18H2/t26-,27-,30?,31?/m1/s1. The van der Waals surface area contributed by atoms with E-state index in [0.717, 1.165) is 22.3 Å². The molecular weight excluding hydrogens is 567 g/mol. The third kappa shape index (κ3) is 4.07. The molecular formula is C31H26Cl2N2O6. The van der Waals surface area contributed by atoms with Crippen LogP contribution in [-0.2, 0) is 35.5 Å². The molecule has 2 amide bonds. The van der Waals surface area contributed by atoms with Crippen molar-refractivity contribution in [2.24, 2.45) is 11.8 Å². The summed E-state index contributed by atoms with van der Waals surface area (Å²) < 4.78 is 5.22. The third-order valence-electron chi connectivity index (χ3n) is 8.52. The van der Waals surface area contributed by atoms with Gasteiger partial charge in [-0.2, -0.15) is 0 Å². The van der Waals surface area contributed by atoms with E-state index in [1.165, 1.54) is 11.0 Å². The van der Waals surface area contributed by atoms with Crippen molar-refractivity contribution in [3.05, 3.63) is 111 Å². The number of ether oxygens (including phenoxy) is 1. The molecule has 4 aliphatic rings. The van der Waals surface area contributed by atoms with Crippen LogP contribution in [0.4, 0.5) is 5.69 Å². The van der Waals surface area contributed by atoms with Gasteiger partial charge in [0, 0.05) is 19.0 Å². The summed E-state index contributed by atoms with van der Waals surface area (Å²) in [5, 5.41) is 11.1. The number of benzene rings is 3. The summed E-state index contributed by atoms with van der Waals surface area (Å²) in [5.41, 5.74) is 3.28. The van der Waals surface area contributed by atoms with Crippen LogP contribution in [0.2, 0.25) is 0 Å². The number of halogens is 2. The van der Waals surface area contributed by atoms with Gasteiger partial charge >= 0.3 is 5.97 Å². The van der Waals surface area contributed by atoms with E-state index >= 15 is 0 Å². The van der Waals surface area contributed by atoms with Gasteiger partial charge in [-0.15, -0.1) is 23.2 Å². The van der Waals surface area contributed by atoms with E-state index in [0.29, 0.717) is 24.8 Å². The smallest absolute Gasteiger partial charge is 0.306 e. The van der Waals surface area contributed by atoms with Crippen LogP contribution in [-0.4, -0.2) is 34.2 Å². The lowest BCUT2D eigenvalue weighted by molar-refractivity contribution is -0.385. The predicted octanol–water partition coefficient (Wildman–Crippen LogP) is 5.79. The molecule has 41 heavy (non-hydrogen) atoms. The van der Waals surface area contributed by atoms with Crippen LogP contribution < -0.4 is 0 Å². The molecule has 3 aromatic rings. The number of carbonyl (C=O) groups is 3. The maximum Gasteiger partial charge on any atom is 0.306 e. The first-order chi connectivity index (χ1) is 19.7. The summed E-state index contributed by atoms with van der Waals surface area (Å²) in [6.07, 6.45) is 1.67. The largest absolute Gasteiger partial charge is 0.461 e. The number of nitro benzene ring substituents is 1. The normalized spacial score (nSPS) is 25.5. The molecule has 10 heteroatoms. The monoisotopic (exact) mass is 592 g/mol. The molecule has 0 aromatic heterocycles. The molecule has 3 aliphatic carbocycles. The van der Waals surface area contributed by atoms with Crippen molar-refractivity contribution in [3.63, 3.8) is 0 Å². The van der Waals surface area contributed by atoms with Gasteiger partial charge in [0.1, 0.15) is 16.4 Å². The maximum atomic E-state index is 13.8. The minimum absolute atomic E-state index is 0.0992. The lowest BCUT2D eigenvalue weighted by Crippen LogP contribution is -2.57. The van der Waals surface area contributed by atoms with Crippen molar-refractivity contribution in [2.45, 2.75) is 42.0 Å². The highest BCUT2D eigenvalue weighted by atomic mass is 35.5. The number of hydrogen-bond acceptors (Lipinski definition) is 6. The SMILES string of the molecule is O=C(CCCCCN1C(=O)[C@H]2[C@H](C1=O)C1(Cl)c3ccccc3C2(Cl)c2ccccc21)OCc1ccccc1[N+](=O)[O-]. The molecule has 0 saturated carbocycles. The van der Waals surface area contributed by atoms with Crippen LogP contribution in [0, 0.1) is 22.0 Å². The average Bonchev–Trinajstić information content (AvgIpc) is 3.25. The van der Waals surface area contributed by atoms with Gasteiger partial charge < -0.3 is 4.74 Å². The fraction of sp³-hybridized carbons (Fsp3) is 0.323. The van der Waals surface area contributed by atoms with Crippen molar-refractivity contribution in [1.29, 1.82) is 0 Å². The van der Waals surface area contributed by atoms with Gasteiger partial charge in [0.05, 0.1) is 22.3 Å². The number of amides is 2.